The van der Waals surface area contributed by atoms with Gasteiger partial charge in [-0.1, -0.05) is 30.3 Å². The van der Waals surface area contributed by atoms with Gasteiger partial charge in [0, 0.05) is 6.08 Å². The lowest BCUT2D eigenvalue weighted by Gasteiger charge is -2.20. The summed E-state index contributed by atoms with van der Waals surface area (Å²) >= 11 is -2.23. The first-order valence-corrected chi connectivity index (χ1v) is 7.11. The van der Waals surface area contributed by atoms with Crippen molar-refractivity contribution in [1.29, 1.82) is 0 Å². The Balaban J connectivity index is 2.40. The third-order valence-corrected chi connectivity index (χ3v) is 3.40. The second kappa shape index (κ2) is 6.83. The molecule has 1 unspecified atom stereocenters. The van der Waals surface area contributed by atoms with Crippen LogP contribution in [-0.2, 0) is 16.1 Å². The van der Waals surface area contributed by atoms with Crippen LogP contribution < -0.4 is 4.31 Å². The van der Waals surface area contributed by atoms with Crippen molar-refractivity contribution < 1.29 is 18.7 Å². The van der Waals surface area contributed by atoms with Crippen molar-refractivity contribution in [2.45, 2.75) is 0 Å². The van der Waals surface area contributed by atoms with Crippen molar-refractivity contribution in [3.63, 3.8) is 0 Å². The number of para-hydroxylation sites is 1. The number of hydrogen-bond acceptors (Lipinski definition) is 2. The Morgan fingerprint density at radius 1 is 1.05 bits per heavy atom. The third kappa shape index (κ3) is 4.01. The zero-order valence-electron chi connectivity index (χ0n) is 10.9. The fraction of sp³-hybridized carbons (Fsp3) is 0. The highest BCUT2D eigenvalue weighted by Gasteiger charge is 2.14. The molecular formula is C15H13NO4S. The Morgan fingerprint density at radius 3 is 2.33 bits per heavy atom. The minimum Gasteiger partial charge on any atom is -0.478 e. The first-order chi connectivity index (χ1) is 10.1. The second-order valence-electron chi connectivity index (χ2n) is 4.13. The third-order valence-electron chi connectivity index (χ3n) is 2.67. The van der Waals surface area contributed by atoms with E-state index in [-0.39, 0.29) is 0 Å². The predicted molar refractivity (Wildman–Crippen MR) is 82.5 cm³/mol. The predicted octanol–water partition coefficient (Wildman–Crippen LogP) is 3.06. The van der Waals surface area contributed by atoms with E-state index in [9.17, 15) is 13.6 Å². The van der Waals surface area contributed by atoms with Crippen LogP contribution in [0.4, 0.5) is 11.4 Å². The molecule has 0 aliphatic heterocycles. The average Bonchev–Trinajstić information content (AvgIpc) is 2.46. The molecule has 0 heterocycles. The van der Waals surface area contributed by atoms with Gasteiger partial charge in [-0.15, -0.1) is 0 Å². The van der Waals surface area contributed by atoms with Crippen LogP contribution in [0.2, 0.25) is 0 Å². The van der Waals surface area contributed by atoms with Crippen molar-refractivity contribution in [1.82, 2.24) is 0 Å². The number of hydrogen-bond donors (Lipinski definition) is 2. The standard InChI is InChI=1S/C15H13NO4S/c17-15(18)10-9-12-5-4-8-14(11-12)16(21(19)20)13-6-2-1-3-7-13/h1-11H,(H,17,18)(H,19,20). The van der Waals surface area contributed by atoms with Gasteiger partial charge in [0.15, 0.2) is 0 Å². The first kappa shape index (κ1) is 15.0. The number of carboxylic acid groups (broad SMARTS) is 1. The maximum Gasteiger partial charge on any atom is 0.328 e. The van der Waals surface area contributed by atoms with Gasteiger partial charge < -0.3 is 5.11 Å². The molecule has 0 aromatic heterocycles. The molecule has 2 N–H and O–H groups in total. The highest BCUT2D eigenvalue weighted by atomic mass is 32.2. The first-order valence-electron chi connectivity index (χ1n) is 6.05. The lowest BCUT2D eigenvalue weighted by Crippen LogP contribution is -2.19. The SMILES string of the molecule is O=C(O)C=Cc1cccc(N(c2ccccc2)S(=O)O)c1. The zero-order chi connectivity index (χ0) is 15.2. The molecule has 5 nitrogen and oxygen atoms in total. The Kier molecular flexibility index (Phi) is 4.86. The van der Waals surface area contributed by atoms with Gasteiger partial charge in [0.25, 0.3) is 11.3 Å². The molecule has 2 aromatic carbocycles. The van der Waals surface area contributed by atoms with Crippen molar-refractivity contribution in [3.05, 3.63) is 66.2 Å². The van der Waals surface area contributed by atoms with Crippen LogP contribution in [0.3, 0.4) is 0 Å². The molecule has 0 spiro atoms. The minimum atomic E-state index is -2.23. The van der Waals surface area contributed by atoms with Crippen LogP contribution in [0.5, 0.6) is 0 Å². The molecule has 2 aromatic rings. The summed E-state index contributed by atoms with van der Waals surface area (Å²) in [7, 11) is 0. The molecule has 108 valence electrons. The molecule has 0 saturated carbocycles. The van der Waals surface area contributed by atoms with Crippen LogP contribution >= 0.6 is 0 Å². The summed E-state index contributed by atoms with van der Waals surface area (Å²) < 4.78 is 22.4. The fourth-order valence-electron chi connectivity index (χ4n) is 1.82. The van der Waals surface area contributed by atoms with Crippen molar-refractivity contribution in [3.8, 4) is 0 Å². The molecule has 2 rings (SSSR count). The number of rotatable bonds is 5. The largest absolute Gasteiger partial charge is 0.478 e. The highest BCUT2D eigenvalue weighted by Crippen LogP contribution is 2.27. The number of aliphatic carboxylic acids is 1. The van der Waals surface area contributed by atoms with Crippen molar-refractivity contribution in [2.24, 2.45) is 0 Å². The molecule has 0 radical (unpaired) electrons. The fourth-order valence-corrected chi connectivity index (χ4v) is 2.41. The topological polar surface area (TPSA) is 77.8 Å². The van der Waals surface area contributed by atoms with Gasteiger partial charge in [-0.25, -0.2) is 13.3 Å². The maximum absolute atomic E-state index is 11.6. The molecule has 0 fully saturated rings. The molecule has 6 heteroatoms. The number of anilines is 2. The van der Waals surface area contributed by atoms with Crippen molar-refractivity contribution >= 4 is 34.7 Å². The van der Waals surface area contributed by atoms with E-state index in [0.717, 1.165) is 6.08 Å². The van der Waals surface area contributed by atoms with Crippen molar-refractivity contribution in [2.75, 3.05) is 4.31 Å². The van der Waals surface area contributed by atoms with E-state index in [1.165, 1.54) is 10.4 Å². The van der Waals surface area contributed by atoms with Gasteiger partial charge in [0.2, 0.25) is 0 Å². The number of carboxylic acids is 1. The van der Waals surface area contributed by atoms with Gasteiger partial charge in [0.05, 0.1) is 11.4 Å². The number of nitrogens with zero attached hydrogens (tertiary/aromatic N) is 1. The molecule has 0 aliphatic carbocycles. The Morgan fingerprint density at radius 2 is 1.71 bits per heavy atom. The van der Waals surface area contributed by atoms with E-state index >= 15 is 0 Å². The zero-order valence-corrected chi connectivity index (χ0v) is 11.7. The summed E-state index contributed by atoms with van der Waals surface area (Å²) in [6, 6.07) is 15.5. The molecule has 0 bridgehead atoms. The van der Waals surface area contributed by atoms with Crippen LogP contribution in [0.1, 0.15) is 5.56 Å². The van der Waals surface area contributed by atoms with E-state index < -0.39 is 17.2 Å². The van der Waals surface area contributed by atoms with Gasteiger partial charge in [-0.3, -0.25) is 4.55 Å². The summed E-state index contributed by atoms with van der Waals surface area (Å²) in [5.74, 6) is -1.05. The Bertz CT molecular complexity index is 685. The number of carbonyl (C=O) groups is 1. The highest BCUT2D eigenvalue weighted by molar-refractivity contribution is 7.81. The van der Waals surface area contributed by atoms with Gasteiger partial charge in [-0.2, -0.15) is 0 Å². The molecule has 0 amide bonds. The second-order valence-corrected chi connectivity index (χ2v) is 4.95. The quantitative estimate of drug-likeness (QED) is 0.657. The Hall–Kier alpha value is -2.44. The minimum absolute atomic E-state index is 0.495. The maximum atomic E-state index is 11.6. The summed E-state index contributed by atoms with van der Waals surface area (Å²) in [6.45, 7) is 0. The lowest BCUT2D eigenvalue weighted by atomic mass is 10.2. The Labute approximate surface area is 124 Å². The van der Waals surface area contributed by atoms with E-state index in [4.69, 9.17) is 5.11 Å². The van der Waals surface area contributed by atoms with E-state index in [1.54, 1.807) is 48.5 Å². The van der Waals surface area contributed by atoms with Crippen LogP contribution in [0.25, 0.3) is 6.08 Å². The summed E-state index contributed by atoms with van der Waals surface area (Å²) in [5.41, 5.74) is 1.69. The number of benzene rings is 2. The van der Waals surface area contributed by atoms with E-state index in [0.29, 0.717) is 16.9 Å². The monoisotopic (exact) mass is 303 g/mol. The average molecular weight is 303 g/mol. The molecule has 1 atom stereocenters. The normalized spacial score (nSPS) is 12.2. The lowest BCUT2D eigenvalue weighted by molar-refractivity contribution is -0.131. The van der Waals surface area contributed by atoms with Gasteiger partial charge in [-0.05, 0) is 35.9 Å². The smallest absolute Gasteiger partial charge is 0.328 e. The van der Waals surface area contributed by atoms with Gasteiger partial charge in [0.1, 0.15) is 0 Å². The molecule has 21 heavy (non-hydrogen) atoms. The van der Waals surface area contributed by atoms with Crippen LogP contribution in [0, 0.1) is 0 Å². The molecule has 0 aliphatic rings. The summed E-state index contributed by atoms with van der Waals surface area (Å²) in [6.07, 6.45) is 2.44. The summed E-state index contributed by atoms with van der Waals surface area (Å²) in [5, 5.41) is 8.63. The molecule has 0 saturated heterocycles. The summed E-state index contributed by atoms with van der Waals surface area (Å²) in [4.78, 5) is 10.5. The van der Waals surface area contributed by atoms with Gasteiger partial charge >= 0.3 is 5.97 Å². The van der Waals surface area contributed by atoms with Crippen LogP contribution in [-0.4, -0.2) is 19.8 Å². The molecular weight excluding hydrogens is 290 g/mol. The van der Waals surface area contributed by atoms with Crippen LogP contribution in [0.15, 0.2) is 60.7 Å². The van der Waals surface area contributed by atoms with E-state index in [1.807, 2.05) is 6.07 Å². The van der Waals surface area contributed by atoms with E-state index in [2.05, 4.69) is 0 Å².